The van der Waals surface area contributed by atoms with Crippen LogP contribution in [0.1, 0.15) is 40.0 Å². The van der Waals surface area contributed by atoms with Gasteiger partial charge in [-0.05, 0) is 45.7 Å². The molecule has 3 aromatic heterocycles. The van der Waals surface area contributed by atoms with Crippen LogP contribution in [0.2, 0.25) is 0 Å². The van der Waals surface area contributed by atoms with E-state index in [0.29, 0.717) is 36.6 Å². The van der Waals surface area contributed by atoms with Crippen molar-refractivity contribution in [1.29, 1.82) is 0 Å². The topological polar surface area (TPSA) is 98.5 Å². The van der Waals surface area contributed by atoms with E-state index in [4.69, 9.17) is 14.5 Å². The van der Waals surface area contributed by atoms with E-state index < -0.39 is 5.60 Å². The van der Waals surface area contributed by atoms with Crippen LogP contribution in [0.25, 0.3) is 22.6 Å². The van der Waals surface area contributed by atoms with Crippen molar-refractivity contribution in [2.45, 2.75) is 51.7 Å². The van der Waals surface area contributed by atoms with Crippen LogP contribution in [0, 0.1) is 0 Å². The lowest BCUT2D eigenvalue weighted by molar-refractivity contribution is 0.0275. The van der Waals surface area contributed by atoms with Gasteiger partial charge in [0.05, 0.1) is 6.54 Å². The highest BCUT2D eigenvalue weighted by Crippen LogP contribution is 2.29. The summed E-state index contributed by atoms with van der Waals surface area (Å²) in [7, 11) is 1.93. The third-order valence-corrected chi connectivity index (χ3v) is 6.13. The van der Waals surface area contributed by atoms with Gasteiger partial charge in [-0.15, -0.1) is 0 Å². The Morgan fingerprint density at radius 2 is 1.88 bits per heavy atom. The third kappa shape index (κ3) is 4.49. The smallest absolute Gasteiger partial charge is 0.410 e. The Morgan fingerprint density at radius 1 is 1.09 bits per heavy atom. The van der Waals surface area contributed by atoms with Crippen molar-refractivity contribution in [2.24, 2.45) is 7.05 Å². The van der Waals surface area contributed by atoms with Gasteiger partial charge in [-0.25, -0.2) is 19.7 Å². The van der Waals surface area contributed by atoms with Crippen molar-refractivity contribution in [1.82, 2.24) is 29.4 Å². The quantitative estimate of drug-likeness (QED) is 0.578. The fourth-order valence-electron chi connectivity index (χ4n) is 4.45. The van der Waals surface area contributed by atoms with Gasteiger partial charge in [0.15, 0.2) is 11.2 Å². The van der Waals surface area contributed by atoms with Crippen LogP contribution in [0.15, 0.2) is 24.7 Å². The van der Waals surface area contributed by atoms with Crippen molar-refractivity contribution >= 4 is 23.1 Å². The fraction of sp³-hybridized carbons (Fsp3) is 0.542. The lowest BCUT2D eigenvalue weighted by atomic mass is 10.2. The number of nitrogens with zero attached hydrogens (tertiary/aromatic N) is 7. The molecule has 0 saturated carbocycles. The zero-order valence-corrected chi connectivity index (χ0v) is 20.2. The maximum Gasteiger partial charge on any atom is 0.410 e. The van der Waals surface area contributed by atoms with Crippen molar-refractivity contribution < 1.29 is 14.3 Å². The first-order chi connectivity index (χ1) is 16.3. The largest absolute Gasteiger partial charge is 0.471 e. The van der Waals surface area contributed by atoms with Gasteiger partial charge < -0.3 is 23.8 Å². The number of hydrogen-bond donors (Lipinski definition) is 0. The zero-order chi connectivity index (χ0) is 23.9. The Bertz CT molecular complexity index is 1180. The molecule has 34 heavy (non-hydrogen) atoms. The number of rotatable bonds is 4. The number of imidazole rings is 1. The van der Waals surface area contributed by atoms with Crippen molar-refractivity contribution in [3.8, 4) is 17.3 Å². The van der Waals surface area contributed by atoms with Crippen molar-refractivity contribution in [3.05, 3.63) is 24.7 Å². The minimum Gasteiger partial charge on any atom is -0.471 e. The van der Waals surface area contributed by atoms with Gasteiger partial charge in [0, 0.05) is 44.9 Å². The van der Waals surface area contributed by atoms with Crippen molar-refractivity contribution in [2.75, 3.05) is 31.1 Å². The van der Waals surface area contributed by atoms with Gasteiger partial charge in [-0.2, -0.15) is 4.98 Å². The van der Waals surface area contributed by atoms with Gasteiger partial charge in [0.25, 0.3) is 0 Å². The molecule has 0 aliphatic carbocycles. The first-order valence-electron chi connectivity index (χ1n) is 11.8. The second-order valence-electron chi connectivity index (χ2n) is 9.90. The number of amides is 1. The molecule has 2 fully saturated rings. The summed E-state index contributed by atoms with van der Waals surface area (Å²) in [5, 5.41) is 0. The maximum atomic E-state index is 12.4. The summed E-state index contributed by atoms with van der Waals surface area (Å²) in [6.07, 6.45) is 5.97. The van der Waals surface area contributed by atoms with E-state index in [0.717, 1.165) is 30.3 Å². The molecule has 1 atom stereocenters. The highest BCUT2D eigenvalue weighted by Gasteiger charge is 2.32. The Morgan fingerprint density at radius 3 is 2.59 bits per heavy atom. The van der Waals surface area contributed by atoms with Crippen LogP contribution < -0.4 is 9.64 Å². The fourth-order valence-corrected chi connectivity index (χ4v) is 4.45. The standard InChI is InChI=1S/C24H31N7O3/c1-24(2,3)34-23(32)31-12-9-17(14-31)33-22-19-21(26-15-27-22)29(4)20(28-19)16-7-8-18(25-13-16)30-10-5-6-11-30/h7-8,13,15,17H,5-6,9-12,14H2,1-4H3/t17-/m0/s1. The van der Waals surface area contributed by atoms with E-state index in [9.17, 15) is 4.79 Å². The highest BCUT2D eigenvalue weighted by molar-refractivity contribution is 5.81. The van der Waals surface area contributed by atoms with Gasteiger partial charge in [0.1, 0.15) is 29.7 Å². The number of likely N-dealkylation sites (tertiary alicyclic amines) is 1. The number of aromatic nitrogens is 5. The minimum atomic E-state index is -0.527. The molecule has 0 aromatic carbocycles. The van der Waals surface area contributed by atoms with Crippen LogP contribution in [0.3, 0.4) is 0 Å². The normalized spacial score (nSPS) is 18.6. The molecule has 2 aliphatic heterocycles. The Hall–Kier alpha value is -3.43. The average molecular weight is 466 g/mol. The SMILES string of the molecule is Cn1c(-c2ccc(N3CCCC3)nc2)nc2c(O[C@H]3CCN(C(=O)OC(C)(C)C)C3)ncnc21. The first-order valence-corrected chi connectivity index (χ1v) is 11.8. The summed E-state index contributed by atoms with van der Waals surface area (Å²) < 4.78 is 13.6. The summed E-state index contributed by atoms with van der Waals surface area (Å²) in [5.74, 6) is 2.17. The maximum absolute atomic E-state index is 12.4. The molecule has 10 nitrogen and oxygen atoms in total. The number of anilines is 1. The van der Waals surface area contributed by atoms with Gasteiger partial charge >= 0.3 is 6.09 Å². The summed E-state index contributed by atoms with van der Waals surface area (Å²) in [6, 6.07) is 4.10. The van der Waals surface area contributed by atoms with Crippen LogP contribution >= 0.6 is 0 Å². The van der Waals surface area contributed by atoms with E-state index in [2.05, 4.69) is 19.9 Å². The highest BCUT2D eigenvalue weighted by atomic mass is 16.6. The number of carbonyl (C=O) groups is 1. The zero-order valence-electron chi connectivity index (χ0n) is 20.2. The van der Waals surface area contributed by atoms with E-state index in [1.807, 2.05) is 50.7 Å². The van der Waals surface area contributed by atoms with E-state index in [1.54, 1.807) is 4.90 Å². The molecule has 0 unspecified atom stereocenters. The molecule has 0 radical (unpaired) electrons. The molecule has 3 aromatic rings. The number of ether oxygens (including phenoxy) is 2. The van der Waals surface area contributed by atoms with Gasteiger partial charge in [0.2, 0.25) is 5.88 Å². The molecule has 5 heterocycles. The lowest BCUT2D eigenvalue weighted by Crippen LogP contribution is -2.36. The monoisotopic (exact) mass is 465 g/mol. The van der Waals surface area contributed by atoms with Crippen LogP contribution in [-0.4, -0.2) is 73.4 Å². The molecule has 5 rings (SSSR count). The molecular weight excluding hydrogens is 434 g/mol. The molecular formula is C24H31N7O3. The molecule has 0 N–H and O–H groups in total. The predicted molar refractivity (Wildman–Crippen MR) is 128 cm³/mol. The number of fused-ring (bicyclic) bond motifs is 1. The summed E-state index contributed by atoms with van der Waals surface area (Å²) in [4.78, 5) is 34.6. The van der Waals surface area contributed by atoms with E-state index in [1.165, 1.54) is 19.2 Å². The second-order valence-corrected chi connectivity index (χ2v) is 9.90. The van der Waals surface area contributed by atoms with E-state index >= 15 is 0 Å². The molecule has 2 saturated heterocycles. The Kier molecular flexibility index (Phi) is 5.75. The van der Waals surface area contributed by atoms with Gasteiger partial charge in [-0.3, -0.25) is 0 Å². The summed E-state index contributed by atoms with van der Waals surface area (Å²) in [6.45, 7) is 8.73. The molecule has 0 spiro atoms. The molecule has 180 valence electrons. The number of carbonyl (C=O) groups excluding carboxylic acids is 1. The average Bonchev–Trinajstić information content (AvgIpc) is 3.54. The minimum absolute atomic E-state index is 0.183. The summed E-state index contributed by atoms with van der Waals surface area (Å²) >= 11 is 0. The number of aryl methyl sites for hydroxylation is 1. The predicted octanol–water partition coefficient (Wildman–Crippen LogP) is 3.41. The second kappa shape index (κ2) is 8.73. The van der Waals surface area contributed by atoms with Crippen LogP contribution in [0.4, 0.5) is 10.6 Å². The molecule has 2 aliphatic rings. The Labute approximate surface area is 198 Å². The first kappa shape index (κ1) is 22.4. The molecule has 0 bridgehead atoms. The van der Waals surface area contributed by atoms with Crippen molar-refractivity contribution in [3.63, 3.8) is 0 Å². The Balaban J connectivity index is 1.34. The van der Waals surface area contributed by atoms with Crippen LogP contribution in [0.5, 0.6) is 5.88 Å². The number of pyridine rings is 1. The molecule has 1 amide bonds. The summed E-state index contributed by atoms with van der Waals surface area (Å²) in [5.41, 5.74) is 1.66. The van der Waals surface area contributed by atoms with Crippen LogP contribution in [-0.2, 0) is 11.8 Å². The van der Waals surface area contributed by atoms with E-state index in [-0.39, 0.29) is 12.2 Å². The lowest BCUT2D eigenvalue weighted by Gasteiger charge is -2.24. The number of hydrogen-bond acceptors (Lipinski definition) is 8. The third-order valence-electron chi connectivity index (χ3n) is 6.13. The van der Waals surface area contributed by atoms with Gasteiger partial charge in [-0.1, -0.05) is 0 Å². The molecule has 10 heteroatoms.